The highest BCUT2D eigenvalue weighted by molar-refractivity contribution is 7.88. The average Bonchev–Trinajstić information content (AvgIpc) is 2.91. The maximum atomic E-state index is 15.0. The monoisotopic (exact) mass is 590 g/mol. The van der Waals surface area contributed by atoms with Gasteiger partial charge in [-0.15, -0.1) is 0 Å². The van der Waals surface area contributed by atoms with Crippen LogP contribution >= 0.6 is 0 Å². The van der Waals surface area contributed by atoms with Crippen molar-refractivity contribution in [2.24, 2.45) is 11.8 Å². The summed E-state index contributed by atoms with van der Waals surface area (Å²) in [5.41, 5.74) is -0.454. The fourth-order valence-electron chi connectivity index (χ4n) is 5.44. The van der Waals surface area contributed by atoms with Crippen LogP contribution in [0.25, 0.3) is 0 Å². The second-order valence-electron chi connectivity index (χ2n) is 10.1. The number of piperidine rings is 1. The Kier molecular flexibility index (Phi) is 8.86. The molecule has 1 saturated heterocycles. The summed E-state index contributed by atoms with van der Waals surface area (Å²) in [6.07, 6.45) is 0.972. The van der Waals surface area contributed by atoms with Crippen molar-refractivity contribution in [3.63, 3.8) is 0 Å². The van der Waals surface area contributed by atoms with Crippen LogP contribution in [0.1, 0.15) is 37.8 Å². The van der Waals surface area contributed by atoms with Crippen molar-refractivity contribution >= 4 is 21.6 Å². The van der Waals surface area contributed by atoms with Crippen LogP contribution < -0.4 is 4.72 Å². The van der Waals surface area contributed by atoms with Crippen molar-refractivity contribution in [3.8, 4) is 11.5 Å². The summed E-state index contributed by atoms with van der Waals surface area (Å²) in [7, 11) is -3.56. The number of phenolic OH excluding ortho intramolecular Hbond substituents is 2. The maximum absolute atomic E-state index is 15.0. The van der Waals surface area contributed by atoms with Gasteiger partial charge < -0.3 is 15.1 Å². The van der Waals surface area contributed by atoms with E-state index < -0.39 is 79.4 Å². The van der Waals surface area contributed by atoms with Crippen LogP contribution in [-0.4, -0.2) is 67.5 Å². The normalized spacial score (nSPS) is 18.4. The Hall–Kier alpha value is -3.74. The average molecular weight is 591 g/mol. The van der Waals surface area contributed by atoms with E-state index in [0.29, 0.717) is 0 Å². The summed E-state index contributed by atoms with van der Waals surface area (Å²) in [6.45, 7) is 1.28. The number of benzene rings is 3. The minimum atomic E-state index is -3.56. The minimum absolute atomic E-state index is 0.0422. The van der Waals surface area contributed by atoms with Crippen LogP contribution in [0.4, 0.5) is 13.2 Å². The molecule has 8 nitrogen and oxygen atoms in total. The molecule has 3 aromatic rings. The molecule has 218 valence electrons. The first-order chi connectivity index (χ1) is 19.3. The van der Waals surface area contributed by atoms with Crippen molar-refractivity contribution < 1.29 is 41.4 Å². The molecular formula is C29H29F3N2O6S. The van der Waals surface area contributed by atoms with E-state index in [4.69, 9.17) is 0 Å². The van der Waals surface area contributed by atoms with E-state index in [0.717, 1.165) is 18.4 Å². The molecule has 0 aliphatic carbocycles. The number of carbonyl (C=O) groups is 2. The molecule has 3 aromatic carbocycles. The van der Waals surface area contributed by atoms with Gasteiger partial charge in [-0.05, 0) is 48.4 Å². The second-order valence-corrected chi connectivity index (χ2v) is 12.0. The van der Waals surface area contributed by atoms with Crippen molar-refractivity contribution in [2.75, 3.05) is 32.4 Å². The summed E-state index contributed by atoms with van der Waals surface area (Å²) in [5.74, 6) is -9.43. The van der Waals surface area contributed by atoms with Gasteiger partial charge in [0.05, 0.1) is 17.4 Å². The smallest absolute Gasteiger partial charge is 0.208 e. The molecular weight excluding hydrogens is 561 g/mol. The summed E-state index contributed by atoms with van der Waals surface area (Å²) < 4.78 is 70.3. The second kappa shape index (κ2) is 12.0. The van der Waals surface area contributed by atoms with E-state index in [2.05, 4.69) is 4.72 Å². The Morgan fingerprint density at radius 1 is 0.878 bits per heavy atom. The Labute approximate surface area is 235 Å². The van der Waals surface area contributed by atoms with Gasteiger partial charge in [-0.1, -0.05) is 24.3 Å². The predicted octanol–water partition coefficient (Wildman–Crippen LogP) is 3.77. The van der Waals surface area contributed by atoms with Gasteiger partial charge in [0.15, 0.2) is 34.7 Å². The molecule has 0 aromatic heterocycles. The summed E-state index contributed by atoms with van der Waals surface area (Å²) in [5, 5.41) is 19.9. The van der Waals surface area contributed by atoms with Crippen LogP contribution in [-0.2, 0) is 10.0 Å². The van der Waals surface area contributed by atoms with Crippen LogP contribution in [0, 0.1) is 36.2 Å². The molecule has 4 rings (SSSR count). The van der Waals surface area contributed by atoms with E-state index in [-0.39, 0.29) is 37.3 Å². The van der Waals surface area contributed by atoms with Crippen LogP contribution in [0.15, 0.2) is 54.6 Å². The first kappa shape index (κ1) is 30.2. The Balaban J connectivity index is 1.88. The molecule has 1 heterocycles. The zero-order chi connectivity index (χ0) is 30.1. The Bertz CT molecular complexity index is 1520. The van der Waals surface area contributed by atoms with Crippen molar-refractivity contribution in [1.29, 1.82) is 0 Å². The highest BCUT2D eigenvalue weighted by atomic mass is 32.2. The van der Waals surface area contributed by atoms with E-state index in [9.17, 15) is 41.4 Å². The number of halogens is 3. The molecule has 0 spiro atoms. The van der Waals surface area contributed by atoms with Gasteiger partial charge in [-0.3, -0.25) is 9.59 Å². The zero-order valence-corrected chi connectivity index (χ0v) is 23.1. The van der Waals surface area contributed by atoms with E-state index in [1.807, 2.05) is 0 Å². The van der Waals surface area contributed by atoms with Crippen LogP contribution in [0.2, 0.25) is 0 Å². The molecule has 1 aliphatic heterocycles. The lowest BCUT2D eigenvalue weighted by molar-refractivity contribution is 0.0571. The maximum Gasteiger partial charge on any atom is 0.208 e. The quantitative estimate of drug-likeness (QED) is 0.324. The van der Waals surface area contributed by atoms with Gasteiger partial charge >= 0.3 is 0 Å². The van der Waals surface area contributed by atoms with Crippen molar-refractivity contribution in [2.45, 2.75) is 12.8 Å². The largest absolute Gasteiger partial charge is 0.505 e. The number of carbonyl (C=O) groups excluding carboxylic acids is 2. The number of likely N-dealkylation sites (tertiary alicyclic amines) is 1. The third kappa shape index (κ3) is 6.45. The third-order valence-electron chi connectivity index (χ3n) is 7.40. The molecule has 0 radical (unpaired) electrons. The van der Waals surface area contributed by atoms with Crippen molar-refractivity contribution in [1.82, 2.24) is 9.62 Å². The number of hydrogen-bond acceptors (Lipinski definition) is 7. The minimum Gasteiger partial charge on any atom is -0.505 e. The Morgan fingerprint density at radius 2 is 1.37 bits per heavy atom. The number of aromatic hydroxyl groups is 2. The van der Waals surface area contributed by atoms with Gasteiger partial charge in [0, 0.05) is 43.9 Å². The molecule has 2 atom stereocenters. The number of Topliss-reactive ketones (excluding diaryl/α,β-unsaturated/α-hetero) is 2. The molecule has 3 N–H and O–H groups in total. The fourth-order valence-corrected chi connectivity index (χ4v) is 5.90. The first-order valence-electron chi connectivity index (χ1n) is 12.8. The lowest BCUT2D eigenvalue weighted by Crippen LogP contribution is -2.52. The fraction of sp³-hybridized carbons (Fsp3) is 0.310. The van der Waals surface area contributed by atoms with Gasteiger partial charge in [-0.25, -0.2) is 26.3 Å². The van der Waals surface area contributed by atoms with Crippen LogP contribution in [0.5, 0.6) is 11.5 Å². The molecule has 0 saturated carbocycles. The standard InChI is InChI=1S/C29H29F3N2O6S/c1-16-17(6-3-9-22(16)30)25-20(28(37)18-7-4-10-23(35)26(18)31)14-34(13-12-33-41(2,39)40)15-21(25)29(38)19-8-5-11-24(36)27(19)32/h3-11,20-21,25,33,35-36H,12-15H2,1-2H3/t20-,21-/m0/s1. The summed E-state index contributed by atoms with van der Waals surface area (Å²) in [4.78, 5) is 29.5. The lowest BCUT2D eigenvalue weighted by Gasteiger charge is -2.43. The lowest BCUT2D eigenvalue weighted by atomic mass is 9.67. The SMILES string of the molecule is Cc1c(F)cccc1C1[C@@H](C(=O)c2cccc(O)c2F)CN(CCNS(C)(=O)=O)C[C@@H]1C(=O)c1cccc(O)c1F. The first-order valence-corrected chi connectivity index (χ1v) is 14.6. The van der Waals surface area contributed by atoms with E-state index >= 15 is 0 Å². The number of rotatable bonds is 9. The van der Waals surface area contributed by atoms with Crippen LogP contribution in [0.3, 0.4) is 0 Å². The van der Waals surface area contributed by atoms with Gasteiger partial charge in [0.1, 0.15) is 5.82 Å². The highest BCUT2D eigenvalue weighted by Gasteiger charge is 2.46. The number of nitrogens with zero attached hydrogens (tertiary/aromatic N) is 1. The third-order valence-corrected chi connectivity index (χ3v) is 8.13. The number of nitrogens with one attached hydrogen (secondary N) is 1. The topological polar surface area (TPSA) is 124 Å². The predicted molar refractivity (Wildman–Crippen MR) is 145 cm³/mol. The molecule has 1 fully saturated rings. The number of ketones is 2. The molecule has 1 aliphatic rings. The molecule has 12 heteroatoms. The van der Waals surface area contributed by atoms with Gasteiger partial charge in [-0.2, -0.15) is 0 Å². The van der Waals surface area contributed by atoms with Crippen molar-refractivity contribution in [3.05, 3.63) is 94.3 Å². The van der Waals surface area contributed by atoms with E-state index in [1.165, 1.54) is 43.3 Å². The van der Waals surface area contributed by atoms with Gasteiger partial charge in [0.25, 0.3) is 0 Å². The number of hydrogen-bond donors (Lipinski definition) is 3. The molecule has 0 amide bonds. The van der Waals surface area contributed by atoms with E-state index in [1.54, 1.807) is 11.0 Å². The molecule has 0 unspecified atom stereocenters. The highest BCUT2D eigenvalue weighted by Crippen LogP contribution is 2.43. The molecule has 41 heavy (non-hydrogen) atoms. The number of phenols is 2. The van der Waals surface area contributed by atoms with Gasteiger partial charge in [0.2, 0.25) is 10.0 Å². The molecule has 0 bridgehead atoms. The summed E-state index contributed by atoms with van der Waals surface area (Å²) in [6, 6.07) is 11.2. The zero-order valence-electron chi connectivity index (χ0n) is 22.3. The Morgan fingerprint density at radius 3 is 1.85 bits per heavy atom. The number of sulfonamides is 1. The summed E-state index contributed by atoms with van der Waals surface area (Å²) >= 11 is 0.